The van der Waals surface area contributed by atoms with Crippen molar-refractivity contribution in [3.63, 3.8) is 0 Å². The summed E-state index contributed by atoms with van der Waals surface area (Å²) < 4.78 is 35.9. The van der Waals surface area contributed by atoms with Crippen molar-refractivity contribution in [1.82, 2.24) is 15.1 Å². The van der Waals surface area contributed by atoms with Crippen molar-refractivity contribution in [1.29, 1.82) is 0 Å². The van der Waals surface area contributed by atoms with E-state index in [0.717, 1.165) is 11.8 Å². The maximum Gasteiger partial charge on any atom is 0.333 e. The molecule has 0 aliphatic heterocycles. The molecule has 1 aromatic heterocycles. The summed E-state index contributed by atoms with van der Waals surface area (Å²) in [5.74, 6) is 0.452. The second kappa shape index (κ2) is 6.88. The molecule has 0 aliphatic rings. The zero-order valence-corrected chi connectivity index (χ0v) is 12.0. The number of nitrogens with zero attached hydrogens (tertiary/aromatic N) is 2. The molecule has 8 heteroatoms. The minimum absolute atomic E-state index is 0.160. The summed E-state index contributed by atoms with van der Waals surface area (Å²) >= 11 is 0. The van der Waals surface area contributed by atoms with Crippen LogP contribution in [0, 0.1) is 0 Å². The van der Waals surface area contributed by atoms with Crippen LogP contribution >= 0.6 is 0 Å². The van der Waals surface area contributed by atoms with E-state index in [0.29, 0.717) is 16.2 Å². The summed E-state index contributed by atoms with van der Waals surface area (Å²) in [5.41, 5.74) is 0.546. The predicted molar refractivity (Wildman–Crippen MR) is 74.2 cm³/mol. The second-order valence-electron chi connectivity index (χ2n) is 4.31. The van der Waals surface area contributed by atoms with Gasteiger partial charge in [0.1, 0.15) is 5.69 Å². The van der Waals surface area contributed by atoms with E-state index in [9.17, 15) is 13.6 Å². The summed E-state index contributed by atoms with van der Waals surface area (Å²) in [6.07, 6.45) is 1.15. The molecule has 0 aliphatic carbocycles. The van der Waals surface area contributed by atoms with Gasteiger partial charge in [0.2, 0.25) is 0 Å². The molecule has 2 rings (SSSR count). The number of hydrogen-bond acceptors (Lipinski definition) is 4. The van der Waals surface area contributed by atoms with Gasteiger partial charge in [-0.3, -0.25) is 4.79 Å². The summed E-state index contributed by atoms with van der Waals surface area (Å²) in [5, 5.41) is 5.97. The Balaban J connectivity index is 2.06. The zero-order chi connectivity index (χ0) is 16.1. The molecule has 0 radical (unpaired) electrons. The fourth-order valence-corrected chi connectivity index (χ4v) is 1.91. The summed E-state index contributed by atoms with van der Waals surface area (Å²) in [6.45, 7) is -2.70. The zero-order valence-electron chi connectivity index (χ0n) is 12.0. The number of halogens is 2. The molecule has 0 unspecified atom stereocenters. The van der Waals surface area contributed by atoms with Crippen LogP contribution in [0.5, 0.6) is 11.5 Å². The molecule has 6 nitrogen and oxygen atoms in total. The quantitative estimate of drug-likeness (QED) is 0.888. The SMILES string of the molecule is COc1ccc(CNC(=O)c2ccnn2C(F)F)cc1OC. The molecular weight excluding hydrogens is 296 g/mol. The van der Waals surface area contributed by atoms with E-state index < -0.39 is 12.5 Å². The van der Waals surface area contributed by atoms with Gasteiger partial charge < -0.3 is 14.8 Å². The highest BCUT2D eigenvalue weighted by molar-refractivity contribution is 5.92. The molecule has 0 spiro atoms. The van der Waals surface area contributed by atoms with Gasteiger partial charge in [-0.25, -0.2) is 0 Å². The van der Waals surface area contributed by atoms with Crippen LogP contribution in [0.4, 0.5) is 8.78 Å². The number of carbonyl (C=O) groups excluding carboxylic acids is 1. The molecule has 118 valence electrons. The number of amides is 1. The third-order valence-electron chi connectivity index (χ3n) is 2.99. The molecule has 0 atom stereocenters. The maximum atomic E-state index is 12.7. The van der Waals surface area contributed by atoms with Crippen molar-refractivity contribution in [2.75, 3.05) is 14.2 Å². The smallest absolute Gasteiger partial charge is 0.333 e. The molecule has 0 fully saturated rings. The van der Waals surface area contributed by atoms with E-state index in [1.165, 1.54) is 20.3 Å². The monoisotopic (exact) mass is 311 g/mol. The van der Waals surface area contributed by atoms with Gasteiger partial charge >= 0.3 is 6.55 Å². The first kappa shape index (κ1) is 15.7. The molecule has 1 heterocycles. The number of ether oxygens (including phenoxy) is 2. The van der Waals surface area contributed by atoms with Crippen LogP contribution in [0.1, 0.15) is 22.6 Å². The van der Waals surface area contributed by atoms with Crippen LogP contribution in [-0.4, -0.2) is 29.9 Å². The van der Waals surface area contributed by atoms with E-state index in [4.69, 9.17) is 9.47 Å². The molecule has 0 saturated heterocycles. The van der Waals surface area contributed by atoms with Crippen molar-refractivity contribution >= 4 is 5.91 Å². The lowest BCUT2D eigenvalue weighted by Crippen LogP contribution is -2.26. The highest BCUT2D eigenvalue weighted by Crippen LogP contribution is 2.27. The van der Waals surface area contributed by atoms with Gasteiger partial charge in [-0.05, 0) is 23.8 Å². The predicted octanol–water partition coefficient (Wildman–Crippen LogP) is 2.23. The minimum Gasteiger partial charge on any atom is -0.493 e. The molecule has 0 bridgehead atoms. The number of nitrogens with one attached hydrogen (secondary N) is 1. The lowest BCUT2D eigenvalue weighted by atomic mass is 10.2. The number of hydrogen-bond donors (Lipinski definition) is 1. The Labute approximate surface area is 125 Å². The van der Waals surface area contributed by atoms with Crippen molar-refractivity contribution in [2.45, 2.75) is 13.1 Å². The van der Waals surface area contributed by atoms with Gasteiger partial charge in [-0.15, -0.1) is 0 Å². The Morgan fingerprint density at radius 2 is 2.00 bits per heavy atom. The Bertz CT molecular complexity index is 659. The average Bonchev–Trinajstić information content (AvgIpc) is 3.02. The Kier molecular flexibility index (Phi) is 4.92. The van der Waals surface area contributed by atoms with E-state index in [2.05, 4.69) is 10.4 Å². The van der Waals surface area contributed by atoms with Gasteiger partial charge in [0.25, 0.3) is 5.91 Å². The van der Waals surface area contributed by atoms with Crippen molar-refractivity contribution in [3.05, 3.63) is 41.7 Å². The molecular formula is C14H15F2N3O3. The number of rotatable bonds is 6. The number of methoxy groups -OCH3 is 2. The molecule has 1 aromatic carbocycles. The fraction of sp³-hybridized carbons (Fsp3) is 0.286. The van der Waals surface area contributed by atoms with Gasteiger partial charge in [-0.1, -0.05) is 6.07 Å². The van der Waals surface area contributed by atoms with Crippen molar-refractivity contribution < 1.29 is 23.0 Å². The Morgan fingerprint density at radius 1 is 1.27 bits per heavy atom. The first-order chi connectivity index (χ1) is 10.6. The average molecular weight is 311 g/mol. The highest BCUT2D eigenvalue weighted by Gasteiger charge is 2.17. The second-order valence-corrected chi connectivity index (χ2v) is 4.31. The van der Waals surface area contributed by atoms with Gasteiger partial charge in [0.05, 0.1) is 14.2 Å². The van der Waals surface area contributed by atoms with Crippen LogP contribution in [0.15, 0.2) is 30.5 Å². The Morgan fingerprint density at radius 3 is 2.64 bits per heavy atom. The highest BCUT2D eigenvalue weighted by atomic mass is 19.3. The third-order valence-corrected chi connectivity index (χ3v) is 2.99. The van der Waals surface area contributed by atoms with Crippen LogP contribution in [0.2, 0.25) is 0 Å². The fourth-order valence-electron chi connectivity index (χ4n) is 1.91. The lowest BCUT2D eigenvalue weighted by molar-refractivity contribution is 0.0509. The number of aromatic nitrogens is 2. The summed E-state index contributed by atoms with van der Waals surface area (Å²) in [4.78, 5) is 11.9. The molecule has 2 aromatic rings. The summed E-state index contributed by atoms with van der Waals surface area (Å²) in [6, 6.07) is 6.37. The number of carbonyl (C=O) groups is 1. The van der Waals surface area contributed by atoms with Crippen LogP contribution in [0.3, 0.4) is 0 Å². The molecule has 22 heavy (non-hydrogen) atoms. The largest absolute Gasteiger partial charge is 0.493 e. The van der Waals surface area contributed by atoms with Crippen LogP contribution < -0.4 is 14.8 Å². The van der Waals surface area contributed by atoms with Gasteiger partial charge in [0.15, 0.2) is 11.5 Å². The molecule has 1 amide bonds. The van der Waals surface area contributed by atoms with E-state index >= 15 is 0 Å². The molecule has 0 saturated carbocycles. The first-order valence-electron chi connectivity index (χ1n) is 6.37. The first-order valence-corrected chi connectivity index (χ1v) is 6.37. The topological polar surface area (TPSA) is 65.4 Å². The maximum absolute atomic E-state index is 12.7. The van der Waals surface area contributed by atoms with E-state index in [1.807, 2.05) is 0 Å². The normalized spacial score (nSPS) is 10.6. The van der Waals surface area contributed by atoms with Crippen LogP contribution in [-0.2, 0) is 6.54 Å². The van der Waals surface area contributed by atoms with Crippen LogP contribution in [0.25, 0.3) is 0 Å². The minimum atomic E-state index is -2.86. The van der Waals surface area contributed by atoms with Crippen molar-refractivity contribution in [3.8, 4) is 11.5 Å². The third kappa shape index (κ3) is 3.33. The standard InChI is InChI=1S/C14H15F2N3O3/c1-21-11-4-3-9(7-12(11)22-2)8-17-13(20)10-5-6-18-19(10)14(15)16/h3-7,14H,8H2,1-2H3,(H,17,20). The summed E-state index contributed by atoms with van der Waals surface area (Å²) in [7, 11) is 3.02. The van der Waals surface area contributed by atoms with Gasteiger partial charge in [-0.2, -0.15) is 18.6 Å². The number of alkyl halides is 2. The van der Waals surface area contributed by atoms with E-state index in [1.54, 1.807) is 18.2 Å². The van der Waals surface area contributed by atoms with E-state index in [-0.39, 0.29) is 12.2 Å². The Hall–Kier alpha value is -2.64. The lowest BCUT2D eigenvalue weighted by Gasteiger charge is -2.11. The van der Waals surface area contributed by atoms with Gasteiger partial charge in [0, 0.05) is 12.7 Å². The molecule has 1 N–H and O–H groups in total. The van der Waals surface area contributed by atoms with Crippen molar-refractivity contribution in [2.24, 2.45) is 0 Å². The number of benzene rings is 1.